The van der Waals surface area contributed by atoms with Gasteiger partial charge in [-0.25, -0.2) is 4.68 Å². The van der Waals surface area contributed by atoms with Crippen LogP contribution in [0.3, 0.4) is 0 Å². The molecule has 1 heterocycles. The van der Waals surface area contributed by atoms with Gasteiger partial charge in [0.25, 0.3) is 5.56 Å². The number of anilines is 1. The average Bonchev–Trinajstić information content (AvgIpc) is 2.48. The Morgan fingerprint density at radius 3 is 2.86 bits per heavy atom. The Balaban J connectivity index is 2.19. The molecule has 6 nitrogen and oxygen atoms in total. The quantitative estimate of drug-likeness (QED) is 0.776. The first-order valence-electron chi connectivity index (χ1n) is 5.97. The number of carbonyl (C=O) groups excluding carboxylic acids is 1. The minimum atomic E-state index is -0.426. The summed E-state index contributed by atoms with van der Waals surface area (Å²) in [6.07, 6.45) is 1.43. The Morgan fingerprint density at radius 1 is 1.45 bits per heavy atom. The van der Waals surface area contributed by atoms with Gasteiger partial charge in [0.1, 0.15) is 16.8 Å². The van der Waals surface area contributed by atoms with Crippen LogP contribution in [0.5, 0.6) is 5.75 Å². The molecule has 0 saturated heterocycles. The molecule has 1 aromatic carbocycles. The Morgan fingerprint density at radius 2 is 2.18 bits per heavy atom. The maximum atomic E-state index is 12.1. The van der Waals surface area contributed by atoms with Crippen molar-refractivity contribution in [3.63, 3.8) is 0 Å². The number of methoxy groups -OCH3 is 1. The van der Waals surface area contributed by atoms with Gasteiger partial charge in [0.15, 0.2) is 0 Å². The molecule has 0 aliphatic carbocycles. The first kappa shape index (κ1) is 17.0. The van der Waals surface area contributed by atoms with Gasteiger partial charge >= 0.3 is 0 Å². The molecule has 0 fully saturated rings. The Hall–Kier alpha value is -1.38. The van der Waals surface area contributed by atoms with Crippen LogP contribution in [0.25, 0.3) is 0 Å². The lowest BCUT2D eigenvalue weighted by atomic mass is 10.3. The number of aromatic nitrogens is 2. The van der Waals surface area contributed by atoms with E-state index in [1.54, 1.807) is 18.2 Å². The highest BCUT2D eigenvalue weighted by Crippen LogP contribution is 2.27. The van der Waals surface area contributed by atoms with Gasteiger partial charge in [-0.1, -0.05) is 11.6 Å². The summed E-state index contributed by atoms with van der Waals surface area (Å²) in [6, 6.07) is 4.85. The van der Waals surface area contributed by atoms with Crippen LogP contribution in [0.15, 0.2) is 38.1 Å². The van der Waals surface area contributed by atoms with Gasteiger partial charge in [-0.3, -0.25) is 9.59 Å². The molecule has 0 atom stereocenters. The summed E-state index contributed by atoms with van der Waals surface area (Å²) in [5.74, 6) is 0.0411. The fraction of sp³-hybridized carbons (Fsp3) is 0.154. The van der Waals surface area contributed by atoms with Crippen LogP contribution in [0.2, 0.25) is 5.02 Å². The summed E-state index contributed by atoms with van der Waals surface area (Å²) in [5.41, 5.74) is 0.00631. The number of halogens is 3. The van der Waals surface area contributed by atoms with Crippen LogP contribution < -0.4 is 15.6 Å². The van der Waals surface area contributed by atoms with Gasteiger partial charge in [-0.15, -0.1) is 0 Å². The van der Waals surface area contributed by atoms with E-state index in [4.69, 9.17) is 16.3 Å². The van der Waals surface area contributed by atoms with Crippen LogP contribution in [0.4, 0.5) is 5.69 Å². The molecule has 0 aliphatic heterocycles. The SMILES string of the molecule is COc1ccc(Cl)cc1NC(=O)Cn1ncc(Br)c(Br)c1=O. The van der Waals surface area contributed by atoms with Crippen molar-refractivity contribution in [3.05, 3.63) is 48.7 Å². The Labute approximate surface area is 147 Å². The maximum absolute atomic E-state index is 12.1. The number of nitrogens with one attached hydrogen (secondary N) is 1. The van der Waals surface area contributed by atoms with E-state index in [-0.39, 0.29) is 6.54 Å². The van der Waals surface area contributed by atoms with Crippen LogP contribution in [-0.2, 0) is 11.3 Å². The molecule has 1 aromatic heterocycles. The Bertz CT molecular complexity index is 780. The fourth-order valence-corrected chi connectivity index (χ4v) is 2.40. The molecule has 0 spiro atoms. The number of ether oxygens (including phenoxy) is 1. The van der Waals surface area contributed by atoms with E-state index in [9.17, 15) is 9.59 Å². The highest BCUT2D eigenvalue weighted by Gasteiger charge is 2.12. The molecular weight excluding hydrogens is 441 g/mol. The lowest BCUT2D eigenvalue weighted by molar-refractivity contribution is -0.117. The minimum absolute atomic E-state index is 0.236. The molecule has 0 saturated carbocycles. The number of nitrogens with zero attached hydrogens (tertiary/aromatic N) is 2. The predicted molar refractivity (Wildman–Crippen MR) is 90.5 cm³/mol. The molecule has 116 valence electrons. The molecular formula is C13H10Br2ClN3O3. The number of hydrogen-bond acceptors (Lipinski definition) is 4. The van der Waals surface area contributed by atoms with E-state index in [0.29, 0.717) is 25.4 Å². The van der Waals surface area contributed by atoms with Gasteiger partial charge in [0, 0.05) is 5.02 Å². The van der Waals surface area contributed by atoms with Crippen LogP contribution in [-0.4, -0.2) is 22.8 Å². The number of hydrogen-bond donors (Lipinski definition) is 1. The number of benzene rings is 1. The first-order valence-corrected chi connectivity index (χ1v) is 7.93. The van der Waals surface area contributed by atoms with E-state index < -0.39 is 11.5 Å². The largest absolute Gasteiger partial charge is 0.495 e. The van der Waals surface area contributed by atoms with Crippen molar-refractivity contribution in [2.24, 2.45) is 0 Å². The third-order valence-corrected chi connectivity index (χ3v) is 4.81. The number of carbonyl (C=O) groups is 1. The molecule has 0 radical (unpaired) electrons. The second-order valence-electron chi connectivity index (χ2n) is 4.16. The van der Waals surface area contributed by atoms with Gasteiger partial charge < -0.3 is 10.1 Å². The Kier molecular flexibility index (Phi) is 5.60. The molecule has 0 bridgehead atoms. The summed E-state index contributed by atoms with van der Waals surface area (Å²) >= 11 is 12.2. The smallest absolute Gasteiger partial charge is 0.282 e. The molecule has 2 rings (SSSR count). The van der Waals surface area contributed by atoms with Gasteiger partial charge in [0.2, 0.25) is 5.91 Å². The van der Waals surface area contributed by atoms with E-state index in [0.717, 1.165) is 4.68 Å². The topological polar surface area (TPSA) is 73.2 Å². The van der Waals surface area contributed by atoms with Crippen molar-refractivity contribution in [2.75, 3.05) is 12.4 Å². The van der Waals surface area contributed by atoms with E-state index in [1.807, 2.05) is 0 Å². The molecule has 1 N–H and O–H groups in total. The zero-order chi connectivity index (χ0) is 16.3. The number of rotatable bonds is 4. The lowest BCUT2D eigenvalue weighted by Gasteiger charge is -2.11. The minimum Gasteiger partial charge on any atom is -0.495 e. The summed E-state index contributed by atoms with van der Waals surface area (Å²) < 4.78 is 7.00. The van der Waals surface area contributed by atoms with E-state index in [2.05, 4.69) is 42.3 Å². The van der Waals surface area contributed by atoms with Crippen LogP contribution in [0.1, 0.15) is 0 Å². The van der Waals surface area contributed by atoms with Crippen molar-refractivity contribution in [1.29, 1.82) is 0 Å². The predicted octanol–water partition coefficient (Wildman–Crippen LogP) is 3.07. The van der Waals surface area contributed by atoms with Crippen molar-refractivity contribution in [3.8, 4) is 5.75 Å². The van der Waals surface area contributed by atoms with Gasteiger partial charge in [-0.05, 0) is 50.1 Å². The third-order valence-electron chi connectivity index (χ3n) is 2.67. The fourth-order valence-electron chi connectivity index (χ4n) is 1.66. The van der Waals surface area contributed by atoms with Crippen LogP contribution >= 0.6 is 43.5 Å². The molecule has 0 unspecified atom stereocenters. The van der Waals surface area contributed by atoms with Gasteiger partial charge in [-0.2, -0.15) is 5.10 Å². The maximum Gasteiger partial charge on any atom is 0.282 e. The molecule has 22 heavy (non-hydrogen) atoms. The molecule has 2 aromatic rings. The summed E-state index contributed by atoms with van der Waals surface area (Å²) in [7, 11) is 1.48. The summed E-state index contributed by atoms with van der Waals surface area (Å²) in [5, 5.41) is 6.98. The van der Waals surface area contributed by atoms with Crippen molar-refractivity contribution < 1.29 is 9.53 Å². The van der Waals surface area contributed by atoms with Crippen molar-refractivity contribution in [1.82, 2.24) is 9.78 Å². The zero-order valence-electron chi connectivity index (χ0n) is 11.3. The van der Waals surface area contributed by atoms with Crippen molar-refractivity contribution in [2.45, 2.75) is 6.54 Å². The van der Waals surface area contributed by atoms with E-state index >= 15 is 0 Å². The first-order chi connectivity index (χ1) is 10.4. The van der Waals surface area contributed by atoms with E-state index in [1.165, 1.54) is 13.3 Å². The zero-order valence-corrected chi connectivity index (χ0v) is 15.2. The highest BCUT2D eigenvalue weighted by molar-refractivity contribution is 9.13. The molecule has 0 aliphatic rings. The van der Waals surface area contributed by atoms with Crippen LogP contribution in [0, 0.1) is 0 Å². The molecule has 9 heteroatoms. The normalized spacial score (nSPS) is 10.4. The number of amides is 1. The average molecular weight is 452 g/mol. The summed E-state index contributed by atoms with van der Waals surface area (Å²) in [6.45, 7) is -0.236. The second kappa shape index (κ2) is 7.26. The standard InChI is InChI=1S/C13H10Br2ClN3O3/c1-22-10-3-2-7(16)4-9(10)18-11(20)6-19-13(21)12(15)8(14)5-17-19/h2-5H,6H2,1H3,(H,18,20). The second-order valence-corrected chi connectivity index (χ2v) is 6.25. The van der Waals surface area contributed by atoms with Gasteiger partial charge in [0.05, 0.1) is 23.5 Å². The van der Waals surface area contributed by atoms with Crippen molar-refractivity contribution >= 4 is 55.1 Å². The summed E-state index contributed by atoms with van der Waals surface area (Å²) in [4.78, 5) is 24.0. The molecule has 1 amide bonds. The highest BCUT2D eigenvalue weighted by atomic mass is 79.9. The monoisotopic (exact) mass is 449 g/mol. The lowest BCUT2D eigenvalue weighted by Crippen LogP contribution is -2.30. The third kappa shape index (κ3) is 3.88.